The van der Waals surface area contributed by atoms with E-state index in [9.17, 15) is 4.79 Å². The van der Waals surface area contributed by atoms with E-state index >= 15 is 0 Å². The molecule has 1 heterocycles. The molecule has 2 rings (SSSR count). The fourth-order valence-electron chi connectivity index (χ4n) is 1.20. The lowest BCUT2D eigenvalue weighted by Crippen LogP contribution is -2.03. The summed E-state index contributed by atoms with van der Waals surface area (Å²) in [4.78, 5) is 11.4. The first-order valence-electron chi connectivity index (χ1n) is 4.87. The number of carbonyl (C=O) groups excluding carboxylic acids is 1. The van der Waals surface area contributed by atoms with Gasteiger partial charge >= 0.3 is 5.97 Å². The summed E-state index contributed by atoms with van der Waals surface area (Å²) in [5, 5.41) is 8.78. The van der Waals surface area contributed by atoms with Crippen molar-refractivity contribution in [3.63, 3.8) is 0 Å². The van der Waals surface area contributed by atoms with Gasteiger partial charge in [0, 0.05) is 5.56 Å². The zero-order chi connectivity index (χ0) is 11.4. The normalized spacial score (nSPS) is 10.1. The van der Waals surface area contributed by atoms with E-state index in [1.807, 2.05) is 30.3 Å². The molecule has 5 heteroatoms. The number of esters is 1. The molecule has 0 saturated carbocycles. The molecule has 0 bridgehead atoms. The molecule has 0 atom stereocenters. The molecule has 1 aromatic heterocycles. The van der Waals surface area contributed by atoms with Crippen molar-refractivity contribution in [2.24, 2.45) is 0 Å². The Morgan fingerprint density at radius 2 is 2.06 bits per heavy atom. The van der Waals surface area contributed by atoms with Crippen LogP contribution in [0.1, 0.15) is 16.7 Å². The number of hydrogen-bond donors (Lipinski definition) is 0. The van der Waals surface area contributed by atoms with Crippen LogP contribution >= 0.6 is 11.3 Å². The molecule has 0 fully saturated rings. The van der Waals surface area contributed by atoms with Gasteiger partial charge in [0.05, 0.1) is 6.61 Å². The average Bonchev–Trinajstić information content (AvgIpc) is 2.80. The van der Waals surface area contributed by atoms with E-state index in [-0.39, 0.29) is 0 Å². The topological polar surface area (TPSA) is 52.1 Å². The number of benzene rings is 1. The van der Waals surface area contributed by atoms with E-state index in [1.54, 1.807) is 6.92 Å². The first kappa shape index (κ1) is 10.8. The van der Waals surface area contributed by atoms with E-state index in [0.717, 1.165) is 10.6 Å². The molecule has 0 N–H and O–H groups in total. The minimum Gasteiger partial charge on any atom is -0.461 e. The molecule has 0 unspecified atom stereocenters. The van der Waals surface area contributed by atoms with Gasteiger partial charge in [-0.3, -0.25) is 0 Å². The molecule has 4 nitrogen and oxygen atoms in total. The average molecular weight is 234 g/mol. The monoisotopic (exact) mass is 234 g/mol. The lowest BCUT2D eigenvalue weighted by atomic mass is 10.2. The van der Waals surface area contributed by atoms with Gasteiger partial charge in [-0.05, 0) is 6.92 Å². The molecule has 0 aliphatic heterocycles. The number of nitrogens with zero attached hydrogens (tertiary/aromatic N) is 2. The highest BCUT2D eigenvalue weighted by Crippen LogP contribution is 2.23. The number of hydrogen-bond acceptors (Lipinski definition) is 5. The quantitative estimate of drug-likeness (QED) is 0.765. The summed E-state index contributed by atoms with van der Waals surface area (Å²) in [5.74, 6) is -0.415. The van der Waals surface area contributed by atoms with Crippen molar-refractivity contribution in [1.82, 2.24) is 10.2 Å². The minimum absolute atomic E-state index is 0.292. The van der Waals surface area contributed by atoms with Gasteiger partial charge in [-0.15, -0.1) is 10.2 Å². The second-order valence-electron chi connectivity index (χ2n) is 3.00. The van der Waals surface area contributed by atoms with Crippen molar-refractivity contribution >= 4 is 17.3 Å². The summed E-state index contributed by atoms with van der Waals surface area (Å²) in [6.45, 7) is 2.11. The van der Waals surface area contributed by atoms with E-state index < -0.39 is 5.97 Å². The van der Waals surface area contributed by atoms with Crippen molar-refractivity contribution < 1.29 is 9.53 Å². The molecule has 0 spiro atoms. The number of carbonyl (C=O) groups is 1. The summed E-state index contributed by atoms with van der Waals surface area (Å²) in [5.41, 5.74) is 0.954. The zero-order valence-electron chi connectivity index (χ0n) is 8.71. The molecule has 0 aliphatic carbocycles. The molecular weight excluding hydrogens is 224 g/mol. The highest BCUT2D eigenvalue weighted by atomic mass is 32.1. The Bertz CT molecular complexity index is 482. The van der Waals surface area contributed by atoms with Gasteiger partial charge in [-0.25, -0.2) is 4.79 Å². The Labute approximate surface area is 96.9 Å². The molecule has 0 aliphatic rings. The largest absolute Gasteiger partial charge is 0.461 e. The van der Waals surface area contributed by atoms with E-state index in [2.05, 4.69) is 10.2 Å². The van der Waals surface area contributed by atoms with Crippen LogP contribution in [0, 0.1) is 0 Å². The SMILES string of the molecule is CCOC(=O)c1nnc(-c2ccccc2)s1. The van der Waals surface area contributed by atoms with Gasteiger partial charge < -0.3 is 4.74 Å². The van der Waals surface area contributed by atoms with E-state index in [4.69, 9.17) is 4.74 Å². The van der Waals surface area contributed by atoms with Crippen molar-refractivity contribution in [2.75, 3.05) is 6.61 Å². The van der Waals surface area contributed by atoms with Crippen molar-refractivity contribution in [3.05, 3.63) is 35.3 Å². The predicted molar refractivity (Wildman–Crippen MR) is 61.3 cm³/mol. The highest BCUT2D eigenvalue weighted by Gasteiger charge is 2.14. The maximum absolute atomic E-state index is 11.4. The fourth-order valence-corrected chi connectivity index (χ4v) is 1.94. The summed E-state index contributed by atoms with van der Waals surface area (Å²) >= 11 is 1.24. The second-order valence-corrected chi connectivity index (χ2v) is 3.98. The maximum Gasteiger partial charge on any atom is 0.369 e. The third-order valence-corrected chi connectivity index (χ3v) is 2.85. The van der Waals surface area contributed by atoms with Crippen LogP contribution in [0.4, 0.5) is 0 Å². The van der Waals surface area contributed by atoms with Gasteiger partial charge in [-0.2, -0.15) is 0 Å². The molecule has 2 aromatic rings. The smallest absolute Gasteiger partial charge is 0.369 e. The van der Waals surface area contributed by atoms with Crippen LogP contribution in [0.2, 0.25) is 0 Å². The van der Waals surface area contributed by atoms with Crippen LogP contribution in [0.15, 0.2) is 30.3 Å². The fraction of sp³-hybridized carbons (Fsp3) is 0.182. The van der Waals surface area contributed by atoms with E-state index in [1.165, 1.54) is 11.3 Å². The van der Waals surface area contributed by atoms with Gasteiger partial charge in [0.2, 0.25) is 5.01 Å². The van der Waals surface area contributed by atoms with Crippen molar-refractivity contribution in [1.29, 1.82) is 0 Å². The molecular formula is C11H10N2O2S. The Balaban J connectivity index is 2.23. The number of ether oxygens (including phenoxy) is 1. The third kappa shape index (κ3) is 2.25. The lowest BCUT2D eigenvalue weighted by molar-refractivity contribution is 0.0525. The van der Waals surface area contributed by atoms with Crippen molar-refractivity contribution in [3.8, 4) is 10.6 Å². The zero-order valence-corrected chi connectivity index (χ0v) is 9.53. The summed E-state index contributed by atoms with van der Waals surface area (Å²) < 4.78 is 4.85. The number of aromatic nitrogens is 2. The molecule has 0 saturated heterocycles. The highest BCUT2D eigenvalue weighted by molar-refractivity contribution is 7.16. The summed E-state index contributed by atoms with van der Waals surface area (Å²) in [6.07, 6.45) is 0. The van der Waals surface area contributed by atoms with Crippen LogP contribution in [-0.4, -0.2) is 22.8 Å². The Morgan fingerprint density at radius 1 is 1.31 bits per heavy atom. The summed E-state index contributed by atoms with van der Waals surface area (Å²) in [7, 11) is 0. The van der Waals surface area contributed by atoms with Crippen LogP contribution in [-0.2, 0) is 4.74 Å². The molecule has 0 radical (unpaired) electrons. The third-order valence-electron chi connectivity index (χ3n) is 1.90. The van der Waals surface area contributed by atoms with E-state index in [0.29, 0.717) is 11.6 Å². The predicted octanol–water partition coefficient (Wildman–Crippen LogP) is 2.38. The van der Waals surface area contributed by atoms with Gasteiger partial charge in [0.25, 0.3) is 0 Å². The molecule has 16 heavy (non-hydrogen) atoms. The van der Waals surface area contributed by atoms with Crippen LogP contribution in [0.3, 0.4) is 0 Å². The molecule has 1 aromatic carbocycles. The maximum atomic E-state index is 11.4. The van der Waals surface area contributed by atoms with Gasteiger partial charge in [-0.1, -0.05) is 41.7 Å². The summed E-state index contributed by atoms with van der Waals surface area (Å²) in [6, 6.07) is 9.61. The first-order valence-corrected chi connectivity index (χ1v) is 5.69. The minimum atomic E-state index is -0.415. The van der Waals surface area contributed by atoms with Crippen LogP contribution < -0.4 is 0 Å². The van der Waals surface area contributed by atoms with Crippen LogP contribution in [0.5, 0.6) is 0 Å². The Morgan fingerprint density at radius 3 is 2.75 bits per heavy atom. The van der Waals surface area contributed by atoms with Crippen LogP contribution in [0.25, 0.3) is 10.6 Å². The molecule has 82 valence electrons. The first-order chi connectivity index (χ1) is 7.81. The Hall–Kier alpha value is -1.75. The van der Waals surface area contributed by atoms with Crippen molar-refractivity contribution in [2.45, 2.75) is 6.92 Å². The lowest BCUT2D eigenvalue weighted by Gasteiger charge is -1.94. The standard InChI is InChI=1S/C11H10N2O2S/c1-2-15-11(14)10-13-12-9(16-10)8-6-4-3-5-7-8/h3-7H,2H2,1H3. The second kappa shape index (κ2) is 4.85. The molecule has 0 amide bonds. The van der Waals surface area contributed by atoms with Gasteiger partial charge in [0.1, 0.15) is 5.01 Å². The Kier molecular flexibility index (Phi) is 3.26. The van der Waals surface area contributed by atoms with Gasteiger partial charge in [0.15, 0.2) is 0 Å². The number of rotatable bonds is 3.